The molecule has 0 radical (unpaired) electrons. The van der Waals surface area contributed by atoms with E-state index in [1.165, 1.54) is 0 Å². The molecule has 25 heavy (non-hydrogen) atoms. The predicted molar refractivity (Wildman–Crippen MR) is 95.0 cm³/mol. The molecule has 1 N–H and O–H groups in total. The van der Waals surface area contributed by atoms with Crippen LogP contribution < -0.4 is 0 Å². The lowest BCUT2D eigenvalue weighted by Gasteiger charge is -2.43. The molecule has 0 bridgehead atoms. The Kier molecular flexibility index (Phi) is 8.62. The van der Waals surface area contributed by atoms with Gasteiger partial charge >= 0.3 is 17.9 Å². The zero-order chi connectivity index (χ0) is 19.9. The fourth-order valence-electron chi connectivity index (χ4n) is 2.55. The minimum absolute atomic E-state index is 0.0132. The minimum atomic E-state index is -1.04. The van der Waals surface area contributed by atoms with E-state index in [0.717, 1.165) is 0 Å². The molecule has 146 valence electrons. The first-order valence-electron chi connectivity index (χ1n) is 8.74. The zero-order valence-electron chi connectivity index (χ0n) is 16.7. The molecule has 0 heterocycles. The average molecular weight is 358 g/mol. The van der Waals surface area contributed by atoms with Gasteiger partial charge in [-0.3, -0.25) is 14.4 Å². The van der Waals surface area contributed by atoms with E-state index in [4.69, 9.17) is 14.6 Å². The highest BCUT2D eigenvalue weighted by molar-refractivity contribution is 5.77. The van der Waals surface area contributed by atoms with Crippen molar-refractivity contribution >= 4 is 17.9 Å². The van der Waals surface area contributed by atoms with Crippen molar-refractivity contribution in [1.82, 2.24) is 0 Å². The summed E-state index contributed by atoms with van der Waals surface area (Å²) in [4.78, 5) is 34.3. The van der Waals surface area contributed by atoms with Crippen molar-refractivity contribution in [2.45, 2.75) is 74.1 Å². The summed E-state index contributed by atoms with van der Waals surface area (Å²) in [6.07, 6.45) is 0.695. The standard InChI is InChI=1S/C19H34O6/c1-17(2,3)13-19(7,18(4,5)6)16(23)25-12-8-11-24-15(22)10-9-14(20)21/h8-13H2,1-7H3,(H,20,21). The third kappa shape index (κ3) is 8.89. The number of carbonyl (C=O) groups is 3. The molecule has 0 aromatic rings. The van der Waals surface area contributed by atoms with Gasteiger partial charge in [0, 0.05) is 6.42 Å². The number of esters is 2. The van der Waals surface area contributed by atoms with Crippen molar-refractivity contribution < 1.29 is 29.0 Å². The van der Waals surface area contributed by atoms with Crippen LogP contribution in [-0.2, 0) is 23.9 Å². The van der Waals surface area contributed by atoms with E-state index >= 15 is 0 Å². The number of carboxylic acids is 1. The summed E-state index contributed by atoms with van der Waals surface area (Å²) >= 11 is 0. The number of hydrogen-bond acceptors (Lipinski definition) is 5. The molecule has 6 nitrogen and oxygen atoms in total. The molecule has 0 aliphatic rings. The van der Waals surface area contributed by atoms with Gasteiger partial charge in [-0.15, -0.1) is 0 Å². The summed E-state index contributed by atoms with van der Waals surface area (Å²) in [7, 11) is 0. The first-order chi connectivity index (χ1) is 11.2. The van der Waals surface area contributed by atoms with Crippen LogP contribution in [-0.4, -0.2) is 36.2 Å². The van der Waals surface area contributed by atoms with E-state index < -0.39 is 17.4 Å². The van der Waals surface area contributed by atoms with E-state index in [2.05, 4.69) is 20.8 Å². The van der Waals surface area contributed by atoms with Crippen LogP contribution in [0.15, 0.2) is 0 Å². The number of carboxylic acid groups (broad SMARTS) is 1. The van der Waals surface area contributed by atoms with Crippen molar-refractivity contribution in [2.75, 3.05) is 13.2 Å². The van der Waals surface area contributed by atoms with E-state index in [9.17, 15) is 14.4 Å². The average Bonchev–Trinajstić information content (AvgIpc) is 2.41. The van der Waals surface area contributed by atoms with Crippen molar-refractivity contribution in [1.29, 1.82) is 0 Å². The topological polar surface area (TPSA) is 89.9 Å². The summed E-state index contributed by atoms with van der Waals surface area (Å²) in [5.41, 5.74) is -0.884. The Morgan fingerprint density at radius 2 is 1.36 bits per heavy atom. The maximum Gasteiger partial charge on any atom is 0.312 e. The first-order valence-corrected chi connectivity index (χ1v) is 8.74. The molecule has 0 aromatic heterocycles. The van der Waals surface area contributed by atoms with Gasteiger partial charge in [0.2, 0.25) is 0 Å². The van der Waals surface area contributed by atoms with Crippen LogP contribution >= 0.6 is 0 Å². The lowest BCUT2D eigenvalue weighted by atomic mass is 9.61. The maximum absolute atomic E-state index is 12.7. The number of aliphatic carboxylic acids is 1. The highest BCUT2D eigenvalue weighted by Crippen LogP contribution is 2.47. The fourth-order valence-corrected chi connectivity index (χ4v) is 2.55. The Morgan fingerprint density at radius 1 is 0.840 bits per heavy atom. The molecule has 0 amide bonds. The van der Waals surface area contributed by atoms with Crippen LogP contribution in [0.25, 0.3) is 0 Å². The number of rotatable bonds is 9. The van der Waals surface area contributed by atoms with Gasteiger partial charge in [-0.1, -0.05) is 41.5 Å². The summed E-state index contributed by atoms with van der Waals surface area (Å²) in [6.45, 7) is 14.6. The smallest absolute Gasteiger partial charge is 0.312 e. The van der Waals surface area contributed by atoms with Crippen LogP contribution in [0.1, 0.15) is 74.1 Å². The Bertz CT molecular complexity index is 469. The lowest BCUT2D eigenvalue weighted by Crippen LogP contribution is -2.44. The number of ether oxygens (including phenoxy) is 2. The summed E-state index contributed by atoms with van der Waals surface area (Å²) < 4.78 is 10.3. The molecule has 0 fully saturated rings. The van der Waals surface area contributed by atoms with Crippen molar-refractivity contribution in [3.63, 3.8) is 0 Å². The highest BCUT2D eigenvalue weighted by Gasteiger charge is 2.47. The van der Waals surface area contributed by atoms with E-state index in [1.54, 1.807) is 0 Å². The minimum Gasteiger partial charge on any atom is -0.481 e. The van der Waals surface area contributed by atoms with Gasteiger partial charge < -0.3 is 14.6 Å². The van der Waals surface area contributed by atoms with Crippen LogP contribution in [0.4, 0.5) is 0 Å². The van der Waals surface area contributed by atoms with Crippen LogP contribution in [0.2, 0.25) is 0 Å². The normalized spacial score (nSPS) is 14.5. The van der Waals surface area contributed by atoms with E-state index in [1.807, 2.05) is 27.7 Å². The summed E-state index contributed by atoms with van der Waals surface area (Å²) in [5, 5.41) is 8.49. The van der Waals surface area contributed by atoms with Crippen LogP contribution in [0.3, 0.4) is 0 Å². The summed E-state index contributed by atoms with van der Waals surface area (Å²) in [5.74, 6) is -1.83. The molecule has 0 saturated heterocycles. The van der Waals surface area contributed by atoms with Crippen LogP contribution in [0, 0.1) is 16.2 Å². The second-order valence-electron chi connectivity index (χ2n) is 8.92. The zero-order valence-corrected chi connectivity index (χ0v) is 16.7. The number of hydrogen-bond donors (Lipinski definition) is 1. The quantitative estimate of drug-likeness (QED) is 0.498. The second kappa shape index (κ2) is 9.20. The maximum atomic E-state index is 12.7. The lowest BCUT2D eigenvalue weighted by molar-refractivity contribution is -0.165. The summed E-state index contributed by atoms with van der Waals surface area (Å²) in [6, 6.07) is 0. The van der Waals surface area contributed by atoms with Gasteiger partial charge in [-0.25, -0.2) is 0 Å². The van der Waals surface area contributed by atoms with Gasteiger partial charge in [-0.05, 0) is 24.2 Å². The number of carbonyl (C=O) groups excluding carboxylic acids is 2. The van der Waals surface area contributed by atoms with Gasteiger partial charge in [0.25, 0.3) is 0 Å². The van der Waals surface area contributed by atoms with E-state index in [0.29, 0.717) is 12.8 Å². The Morgan fingerprint density at radius 3 is 1.80 bits per heavy atom. The SMILES string of the molecule is CC(C)(C)CC(C)(C(=O)OCCCOC(=O)CCC(=O)O)C(C)(C)C. The molecular formula is C19H34O6. The second-order valence-corrected chi connectivity index (χ2v) is 8.92. The predicted octanol–water partition coefficient (Wildman–Crippen LogP) is 3.82. The van der Waals surface area contributed by atoms with Gasteiger partial charge in [0.15, 0.2) is 0 Å². The molecule has 6 heteroatoms. The molecule has 1 unspecified atom stereocenters. The molecule has 0 rings (SSSR count). The van der Waals surface area contributed by atoms with E-state index in [-0.39, 0.29) is 42.9 Å². The first kappa shape index (κ1) is 23.4. The third-order valence-electron chi connectivity index (χ3n) is 4.32. The fraction of sp³-hybridized carbons (Fsp3) is 0.842. The van der Waals surface area contributed by atoms with Crippen LogP contribution in [0.5, 0.6) is 0 Å². The van der Waals surface area contributed by atoms with Crippen molar-refractivity contribution in [3.05, 3.63) is 0 Å². The molecule has 1 atom stereocenters. The Hall–Kier alpha value is -1.59. The van der Waals surface area contributed by atoms with Crippen molar-refractivity contribution in [2.24, 2.45) is 16.2 Å². The molecular weight excluding hydrogens is 324 g/mol. The largest absolute Gasteiger partial charge is 0.481 e. The van der Waals surface area contributed by atoms with Gasteiger partial charge in [-0.2, -0.15) is 0 Å². The molecule has 0 aliphatic carbocycles. The molecule has 0 aromatic carbocycles. The highest BCUT2D eigenvalue weighted by atomic mass is 16.5. The van der Waals surface area contributed by atoms with Gasteiger partial charge in [0.1, 0.15) is 0 Å². The molecule has 0 saturated carbocycles. The van der Waals surface area contributed by atoms with Crippen molar-refractivity contribution in [3.8, 4) is 0 Å². The monoisotopic (exact) mass is 358 g/mol. The Balaban J connectivity index is 4.42. The Labute approximate surface area is 151 Å². The third-order valence-corrected chi connectivity index (χ3v) is 4.32. The molecule has 0 aliphatic heterocycles. The molecule has 0 spiro atoms. The van der Waals surface area contributed by atoms with Gasteiger partial charge in [0.05, 0.1) is 31.5 Å².